The molecule has 4 N–H and O–H groups in total. The van der Waals surface area contributed by atoms with Crippen LogP contribution in [0, 0.1) is 0 Å². The van der Waals surface area contributed by atoms with Gasteiger partial charge in [0.05, 0.1) is 6.33 Å². The Balaban J connectivity index is 1.86. The second-order valence-corrected chi connectivity index (χ2v) is 3.38. The lowest BCUT2D eigenvalue weighted by atomic mass is 10.2. The number of nitrogens with zero attached hydrogens (tertiary/aromatic N) is 1. The van der Waals surface area contributed by atoms with Crippen molar-refractivity contribution >= 4 is 5.69 Å². The maximum atomic E-state index is 5.82. The molecule has 0 atom stereocenters. The van der Waals surface area contributed by atoms with E-state index in [1.807, 2.05) is 24.3 Å². The first kappa shape index (κ1) is 9.73. The lowest BCUT2D eigenvalue weighted by molar-refractivity contribution is 0.683. The van der Waals surface area contributed by atoms with E-state index in [1.165, 1.54) is 0 Å². The third-order valence-corrected chi connectivity index (χ3v) is 2.24. The van der Waals surface area contributed by atoms with E-state index in [0.717, 1.165) is 30.0 Å². The molecule has 2 aromatic rings. The lowest BCUT2D eigenvalue weighted by Crippen LogP contribution is -2.13. The minimum atomic E-state index is 0.770. The Kier molecular flexibility index (Phi) is 2.99. The highest BCUT2D eigenvalue weighted by molar-refractivity contribution is 5.46. The number of para-hydroxylation sites is 1. The first-order chi connectivity index (χ1) is 7.36. The summed E-state index contributed by atoms with van der Waals surface area (Å²) in [5.41, 5.74) is 8.84. The molecule has 4 nitrogen and oxygen atoms in total. The summed E-state index contributed by atoms with van der Waals surface area (Å²) >= 11 is 0. The number of benzene rings is 1. The first-order valence-corrected chi connectivity index (χ1v) is 4.87. The summed E-state index contributed by atoms with van der Waals surface area (Å²) in [4.78, 5) is 6.98. The summed E-state index contributed by atoms with van der Waals surface area (Å²) in [6, 6.07) is 7.86. The number of rotatable bonds is 4. The fourth-order valence-electron chi connectivity index (χ4n) is 1.41. The molecule has 0 saturated carbocycles. The molecule has 0 fully saturated rings. The monoisotopic (exact) mass is 202 g/mol. The summed E-state index contributed by atoms with van der Waals surface area (Å²) in [7, 11) is 0. The normalized spacial score (nSPS) is 10.4. The zero-order chi connectivity index (χ0) is 10.5. The van der Waals surface area contributed by atoms with E-state index in [-0.39, 0.29) is 0 Å². The van der Waals surface area contributed by atoms with Gasteiger partial charge in [-0.1, -0.05) is 18.2 Å². The predicted octanol–water partition coefficient (Wildman–Crippen LogP) is 1.28. The first-order valence-electron chi connectivity index (χ1n) is 4.87. The van der Waals surface area contributed by atoms with Crippen molar-refractivity contribution in [2.24, 2.45) is 0 Å². The SMILES string of the molecule is Nc1ccccc1CNCc1cnc[nH]1. The van der Waals surface area contributed by atoms with Gasteiger partial charge >= 0.3 is 0 Å². The zero-order valence-electron chi connectivity index (χ0n) is 8.40. The molecule has 2 rings (SSSR count). The van der Waals surface area contributed by atoms with E-state index in [4.69, 9.17) is 5.73 Å². The van der Waals surface area contributed by atoms with Crippen LogP contribution in [0.5, 0.6) is 0 Å². The summed E-state index contributed by atoms with van der Waals surface area (Å²) < 4.78 is 0. The van der Waals surface area contributed by atoms with E-state index in [2.05, 4.69) is 15.3 Å². The number of aromatic amines is 1. The van der Waals surface area contributed by atoms with Crippen LogP contribution < -0.4 is 11.1 Å². The molecule has 0 saturated heterocycles. The van der Waals surface area contributed by atoms with Crippen molar-refractivity contribution in [3.8, 4) is 0 Å². The van der Waals surface area contributed by atoms with Gasteiger partial charge in [-0.25, -0.2) is 4.98 Å². The van der Waals surface area contributed by atoms with E-state index >= 15 is 0 Å². The second-order valence-electron chi connectivity index (χ2n) is 3.38. The van der Waals surface area contributed by atoms with Crippen LogP contribution in [0.3, 0.4) is 0 Å². The van der Waals surface area contributed by atoms with Crippen molar-refractivity contribution in [3.05, 3.63) is 48.0 Å². The van der Waals surface area contributed by atoms with Crippen molar-refractivity contribution in [2.75, 3.05) is 5.73 Å². The number of aromatic nitrogens is 2. The van der Waals surface area contributed by atoms with Crippen molar-refractivity contribution in [2.45, 2.75) is 13.1 Å². The Labute approximate surface area is 88.5 Å². The third kappa shape index (κ3) is 2.57. The van der Waals surface area contributed by atoms with Crippen LogP contribution in [0.2, 0.25) is 0 Å². The number of imidazole rings is 1. The highest BCUT2D eigenvalue weighted by Gasteiger charge is 1.97. The molecule has 0 unspecified atom stereocenters. The lowest BCUT2D eigenvalue weighted by Gasteiger charge is -2.05. The molecular formula is C11H14N4. The van der Waals surface area contributed by atoms with Crippen LogP contribution in [0.25, 0.3) is 0 Å². The average Bonchev–Trinajstić information content (AvgIpc) is 2.74. The topological polar surface area (TPSA) is 66.7 Å². The van der Waals surface area contributed by atoms with Gasteiger partial charge in [-0.15, -0.1) is 0 Å². The van der Waals surface area contributed by atoms with Crippen LogP contribution in [-0.4, -0.2) is 9.97 Å². The highest BCUT2D eigenvalue weighted by Crippen LogP contribution is 2.09. The van der Waals surface area contributed by atoms with E-state index < -0.39 is 0 Å². The van der Waals surface area contributed by atoms with E-state index in [0.29, 0.717) is 0 Å². The number of nitrogen functional groups attached to an aromatic ring is 1. The molecule has 78 valence electrons. The highest BCUT2D eigenvalue weighted by atomic mass is 14.9. The smallest absolute Gasteiger partial charge is 0.0922 e. The number of anilines is 1. The van der Waals surface area contributed by atoms with Gasteiger partial charge in [0.1, 0.15) is 0 Å². The number of H-pyrrole nitrogens is 1. The number of nitrogens with one attached hydrogen (secondary N) is 2. The second kappa shape index (κ2) is 4.61. The molecule has 15 heavy (non-hydrogen) atoms. The molecule has 0 aliphatic carbocycles. The molecule has 1 heterocycles. The zero-order valence-corrected chi connectivity index (χ0v) is 8.40. The standard InChI is InChI=1S/C11H14N4/c12-11-4-2-1-3-9(11)5-13-6-10-7-14-8-15-10/h1-4,7-8,13H,5-6,12H2,(H,14,15). The van der Waals surface area contributed by atoms with Gasteiger partial charge in [-0.2, -0.15) is 0 Å². The molecule has 1 aromatic heterocycles. The minimum absolute atomic E-state index is 0.770. The molecular weight excluding hydrogens is 188 g/mol. The van der Waals surface area contributed by atoms with Crippen molar-refractivity contribution in [1.29, 1.82) is 0 Å². The van der Waals surface area contributed by atoms with Gasteiger partial charge in [-0.3, -0.25) is 0 Å². The summed E-state index contributed by atoms with van der Waals surface area (Å²) in [6.07, 6.45) is 3.48. The van der Waals surface area contributed by atoms with Gasteiger partial charge in [0.25, 0.3) is 0 Å². The molecule has 0 bridgehead atoms. The Bertz CT molecular complexity index is 408. The maximum Gasteiger partial charge on any atom is 0.0922 e. The van der Waals surface area contributed by atoms with Gasteiger partial charge in [0, 0.05) is 30.7 Å². The molecule has 1 aromatic carbocycles. The number of hydrogen-bond donors (Lipinski definition) is 3. The Morgan fingerprint density at radius 3 is 2.87 bits per heavy atom. The van der Waals surface area contributed by atoms with Crippen LogP contribution in [-0.2, 0) is 13.1 Å². The molecule has 0 amide bonds. The molecule has 0 aliphatic rings. The number of hydrogen-bond acceptors (Lipinski definition) is 3. The van der Waals surface area contributed by atoms with Crippen LogP contribution in [0.15, 0.2) is 36.8 Å². The summed E-state index contributed by atoms with van der Waals surface area (Å²) in [5.74, 6) is 0. The molecule has 0 aliphatic heterocycles. The van der Waals surface area contributed by atoms with Crippen molar-refractivity contribution < 1.29 is 0 Å². The van der Waals surface area contributed by atoms with E-state index in [1.54, 1.807) is 12.5 Å². The predicted molar refractivity (Wildman–Crippen MR) is 60.0 cm³/mol. The Hall–Kier alpha value is -1.81. The summed E-state index contributed by atoms with van der Waals surface area (Å²) in [6.45, 7) is 1.54. The van der Waals surface area contributed by atoms with Gasteiger partial charge in [0.2, 0.25) is 0 Å². The Morgan fingerprint density at radius 2 is 2.13 bits per heavy atom. The fourth-order valence-corrected chi connectivity index (χ4v) is 1.41. The van der Waals surface area contributed by atoms with Crippen LogP contribution >= 0.6 is 0 Å². The average molecular weight is 202 g/mol. The van der Waals surface area contributed by atoms with Crippen LogP contribution in [0.4, 0.5) is 5.69 Å². The van der Waals surface area contributed by atoms with Gasteiger partial charge in [-0.05, 0) is 11.6 Å². The molecule has 0 radical (unpaired) electrons. The van der Waals surface area contributed by atoms with Gasteiger partial charge < -0.3 is 16.0 Å². The minimum Gasteiger partial charge on any atom is -0.398 e. The van der Waals surface area contributed by atoms with Crippen molar-refractivity contribution in [1.82, 2.24) is 15.3 Å². The van der Waals surface area contributed by atoms with Crippen molar-refractivity contribution in [3.63, 3.8) is 0 Å². The molecule has 0 spiro atoms. The Morgan fingerprint density at radius 1 is 1.27 bits per heavy atom. The van der Waals surface area contributed by atoms with Crippen LogP contribution in [0.1, 0.15) is 11.3 Å². The van der Waals surface area contributed by atoms with Gasteiger partial charge in [0.15, 0.2) is 0 Å². The molecule has 4 heteroatoms. The fraction of sp³-hybridized carbons (Fsp3) is 0.182. The quantitative estimate of drug-likeness (QED) is 0.654. The third-order valence-electron chi connectivity index (χ3n) is 2.24. The van der Waals surface area contributed by atoms with E-state index in [9.17, 15) is 0 Å². The summed E-state index contributed by atoms with van der Waals surface area (Å²) in [5, 5.41) is 3.29. The largest absolute Gasteiger partial charge is 0.398 e. The number of nitrogens with two attached hydrogens (primary N) is 1. The maximum absolute atomic E-state index is 5.82.